The van der Waals surface area contributed by atoms with Crippen molar-refractivity contribution in [2.24, 2.45) is 5.73 Å². The van der Waals surface area contributed by atoms with Crippen LogP contribution >= 0.6 is 0 Å². The third kappa shape index (κ3) is 23.4. The second-order valence-corrected chi connectivity index (χ2v) is 31.1. The number of primary amides is 1. The number of ether oxygens (including phenoxy) is 10. The Bertz CT molecular complexity index is 3660. The van der Waals surface area contributed by atoms with E-state index in [-0.39, 0.29) is 45.3 Å². The van der Waals surface area contributed by atoms with Crippen molar-refractivity contribution in [2.75, 3.05) is 65.8 Å². The topological polar surface area (TPSA) is 770 Å². The first-order valence-corrected chi connectivity index (χ1v) is 39.6. The van der Waals surface area contributed by atoms with Crippen LogP contribution in [-0.4, -0.2) is 446 Å². The molecule has 51 heteroatoms. The normalized spacial score (nSPS) is 35.9. The van der Waals surface area contributed by atoms with Gasteiger partial charge in [0.05, 0.1) is 64.4 Å². The second-order valence-electron chi connectivity index (χ2n) is 31.1. The Morgan fingerprint density at radius 3 is 1.63 bits per heavy atom. The SMILES string of the molecule is CC(=O)NC1[C@H](OCC2O[C@H](OC(C)C(NC(=O)C(CO)NC(=O)CNC(=O)C3CCCN3C(C)=O)C(=O)NC(C)C(=O)N3CCCC3C(=O)N3CCCC3C(=O)NC(C)C(N)=O)C(NC(C)=O)[C@@H](O[C@@H]3OC(CO)[C@H](O)[C@H](O[C@]4(C(=O)O)C[C@@H](O)[C@@H](NC(C)=O)C([C@H](O)[C@H](O)CO)O4)C3O)[C@H]2O)OC(CO)[C@@H](O[C@@H]2OC(CO)[C@H](O)[C@H](O)C2O)[C@@H]1O. The van der Waals surface area contributed by atoms with E-state index in [2.05, 4.69) is 42.5 Å². The summed E-state index contributed by atoms with van der Waals surface area (Å²) in [6, 6.07) is -16.3. The Balaban J connectivity index is 1.17. The molecule has 8 fully saturated rings. The van der Waals surface area contributed by atoms with Gasteiger partial charge in [-0.1, -0.05) is 0 Å². The van der Waals surface area contributed by atoms with Gasteiger partial charge >= 0.3 is 5.97 Å². The minimum absolute atomic E-state index is 0.0526. The summed E-state index contributed by atoms with van der Waals surface area (Å²) < 4.78 is 60.0. The van der Waals surface area contributed by atoms with Gasteiger partial charge in [0, 0.05) is 53.8 Å². The second kappa shape index (κ2) is 43.8. The molecule has 26 N–H and O–H groups in total. The number of likely N-dealkylation sites (tertiary alicyclic amines) is 3. The van der Waals surface area contributed by atoms with Gasteiger partial charge in [0.2, 0.25) is 70.9 Å². The quantitative estimate of drug-likeness (QED) is 0.0277. The molecule has 0 aromatic rings. The molecule has 34 atom stereocenters. The van der Waals surface area contributed by atoms with Gasteiger partial charge in [0.25, 0.3) is 5.79 Å². The molecule has 0 aliphatic carbocycles. The molecule has 0 aromatic heterocycles. The number of nitrogens with two attached hydrogens (primary N) is 1. The summed E-state index contributed by atoms with van der Waals surface area (Å²) >= 11 is 0. The van der Waals surface area contributed by atoms with E-state index in [4.69, 9.17) is 53.1 Å². The van der Waals surface area contributed by atoms with Crippen molar-refractivity contribution in [3.05, 3.63) is 0 Å². The van der Waals surface area contributed by atoms with Crippen molar-refractivity contribution in [1.29, 1.82) is 0 Å². The lowest BCUT2D eigenvalue weighted by Gasteiger charge is -2.51. The monoisotopic (exact) mass is 1760 g/mol. The molecule has 0 radical (unpaired) electrons. The molecular formula is C71H114N12O39. The number of amides is 12. The van der Waals surface area contributed by atoms with E-state index in [0.29, 0.717) is 12.8 Å². The number of aliphatic carboxylic acids is 1. The number of carbonyl (C=O) groups is 13. The lowest BCUT2D eigenvalue weighted by molar-refractivity contribution is -0.383. The van der Waals surface area contributed by atoms with E-state index in [1.165, 1.54) is 30.6 Å². The maximum absolute atomic E-state index is 15.3. The van der Waals surface area contributed by atoms with Crippen molar-refractivity contribution in [3.63, 3.8) is 0 Å². The maximum atomic E-state index is 15.3. The molecule has 122 heavy (non-hydrogen) atoms. The molecule has 0 aromatic carbocycles. The standard InChI is InChI=1S/C71H114N12O39/c1-25(59(72)104)74-62(107)34-12-9-15-82(34)65(110)35-13-10-16-83(35)64(109)26(2)75-63(108)43(80-60(105)32(19-84)79-42(95)18-73-61(106)33-11-8-14-81(33)31(7)92)27(3)114-67-46(78-30(6)91)56(50(99)41(118-67)24-113-66-45(77-29(5)90)51(100)55(40(23-88)117-66)119-68-53(102)52(101)48(97)38(21-86)115-68)120-69-54(103)58(49(98)39(22-87)116-69)122-71(70(111)112)17-36(93)44(76-28(4)89)57(121-71)47(96)37(94)20-85/h25-27,32-41,43-58,66-69,84-88,93-94,96-103H,8-24H2,1-7H3,(H2,72,104)(H,73,106)(H,74,107)(H,75,108)(H,76,89)(H,77,90)(H,78,91)(H,79,95)(H,80,105)(H,111,112)/t25?,26?,27?,32?,33?,34?,35?,36-,37-,38?,39?,40?,41?,43?,44-,45?,46?,47-,48+,49+,50+,51-,52+,53?,54?,55-,56-,57?,58+,66-,67+,68+,69+,71+/m1/s1. The van der Waals surface area contributed by atoms with Crippen LogP contribution in [0.2, 0.25) is 0 Å². The third-order valence-corrected chi connectivity index (χ3v) is 22.2. The average molecular weight is 1760 g/mol. The number of nitrogens with one attached hydrogen (secondary N) is 8. The van der Waals surface area contributed by atoms with Crippen LogP contribution in [-0.2, 0) is 110 Å². The highest BCUT2D eigenvalue weighted by molar-refractivity contribution is 5.98. The fraction of sp³-hybridized carbons (Fsp3) is 0.817. The minimum atomic E-state index is -3.38. The van der Waals surface area contributed by atoms with E-state index in [1.807, 2.05) is 0 Å². The molecule has 51 nitrogen and oxygen atoms in total. The van der Waals surface area contributed by atoms with Crippen LogP contribution in [0.5, 0.6) is 0 Å². The third-order valence-electron chi connectivity index (χ3n) is 22.2. The molecule has 8 heterocycles. The summed E-state index contributed by atoms with van der Waals surface area (Å²) in [7, 11) is 0. The van der Waals surface area contributed by atoms with Gasteiger partial charge in [0.15, 0.2) is 25.2 Å². The number of rotatable bonds is 36. The van der Waals surface area contributed by atoms with Crippen LogP contribution in [0.15, 0.2) is 0 Å². The first kappa shape index (κ1) is 99.5. The van der Waals surface area contributed by atoms with Crippen LogP contribution in [0.4, 0.5) is 0 Å². The van der Waals surface area contributed by atoms with Crippen LogP contribution in [0.25, 0.3) is 0 Å². The number of aliphatic hydroxyl groups is 15. The van der Waals surface area contributed by atoms with E-state index >= 15 is 4.79 Å². The zero-order valence-electron chi connectivity index (χ0n) is 67.5. The highest BCUT2D eigenvalue weighted by atomic mass is 16.8. The molecule has 0 spiro atoms. The Kier molecular flexibility index (Phi) is 35.8. The van der Waals surface area contributed by atoms with E-state index in [9.17, 15) is 139 Å². The molecule has 8 aliphatic rings. The van der Waals surface area contributed by atoms with Gasteiger partial charge in [-0.25, -0.2) is 4.79 Å². The zero-order valence-corrected chi connectivity index (χ0v) is 67.5. The molecule has 8 aliphatic heterocycles. The van der Waals surface area contributed by atoms with Gasteiger partial charge in [0.1, 0.15) is 158 Å². The molecule has 12 amide bonds. The first-order chi connectivity index (χ1) is 57.5. The van der Waals surface area contributed by atoms with Crippen LogP contribution in [0, 0.1) is 0 Å². The van der Waals surface area contributed by atoms with E-state index in [0.717, 1.165) is 32.6 Å². The average Bonchev–Trinajstić information content (AvgIpc) is 0.921. The summed E-state index contributed by atoms with van der Waals surface area (Å²) in [5.41, 5.74) is 5.37. The van der Waals surface area contributed by atoms with Gasteiger partial charge in [-0.15, -0.1) is 0 Å². The summed E-state index contributed by atoms with van der Waals surface area (Å²) in [6.07, 6.45) is -49.7. The lowest BCUT2D eigenvalue weighted by atomic mass is 9.88. The predicted octanol–water partition coefficient (Wildman–Crippen LogP) is -16.3. The molecule has 0 bridgehead atoms. The van der Waals surface area contributed by atoms with Crippen molar-refractivity contribution in [2.45, 2.75) is 301 Å². The van der Waals surface area contributed by atoms with Gasteiger partial charge in [-0.3, -0.25) is 57.5 Å². The number of hydrogen-bond acceptors (Lipinski definition) is 38. The Labute approximate surface area is 695 Å². The van der Waals surface area contributed by atoms with Gasteiger partial charge in [-0.05, 0) is 59.3 Å². The predicted molar refractivity (Wildman–Crippen MR) is 395 cm³/mol. The minimum Gasteiger partial charge on any atom is -0.477 e. The molecule has 8 rings (SSSR count). The molecule has 17 unspecified atom stereocenters. The molecular weight excluding hydrogens is 1640 g/mol. The van der Waals surface area contributed by atoms with Crippen molar-refractivity contribution in [3.8, 4) is 0 Å². The fourth-order valence-electron chi connectivity index (χ4n) is 15.8. The van der Waals surface area contributed by atoms with E-state index < -0.39 is 337 Å². The number of carboxylic acids is 1. The Morgan fingerprint density at radius 2 is 1.06 bits per heavy atom. The fourth-order valence-corrected chi connectivity index (χ4v) is 15.8. The number of carboxylic acid groups (broad SMARTS) is 1. The summed E-state index contributed by atoms with van der Waals surface area (Å²) in [6.45, 7) is -0.118. The van der Waals surface area contributed by atoms with Gasteiger partial charge in [-0.2, -0.15) is 0 Å². The van der Waals surface area contributed by atoms with Crippen LogP contribution in [0.1, 0.15) is 93.4 Å². The van der Waals surface area contributed by atoms with Crippen LogP contribution < -0.4 is 48.3 Å². The van der Waals surface area contributed by atoms with Crippen molar-refractivity contribution >= 4 is 76.9 Å². The zero-order chi connectivity index (χ0) is 90.5. The van der Waals surface area contributed by atoms with Crippen molar-refractivity contribution in [1.82, 2.24) is 57.2 Å². The molecule has 692 valence electrons. The maximum Gasteiger partial charge on any atom is 0.364 e. The number of aliphatic hydroxyl groups excluding tert-OH is 15. The number of carbonyl (C=O) groups excluding carboxylic acids is 12. The largest absolute Gasteiger partial charge is 0.477 e. The highest BCUT2D eigenvalue weighted by Crippen LogP contribution is 2.40. The number of nitrogens with zero attached hydrogens (tertiary/aromatic N) is 3. The summed E-state index contributed by atoms with van der Waals surface area (Å²) in [5, 5.41) is 196. The number of hydrogen-bond donors (Lipinski definition) is 25. The van der Waals surface area contributed by atoms with Gasteiger partial charge < -0.3 is 192 Å². The molecule has 8 saturated heterocycles. The summed E-state index contributed by atoms with van der Waals surface area (Å²) in [5.74, 6) is -16.8. The molecule has 0 saturated carbocycles. The lowest BCUT2D eigenvalue weighted by Crippen LogP contribution is -2.71. The van der Waals surface area contributed by atoms with E-state index in [1.54, 1.807) is 0 Å². The van der Waals surface area contributed by atoms with Crippen molar-refractivity contribution < 1.29 is 191 Å². The van der Waals surface area contributed by atoms with Crippen LogP contribution in [0.3, 0.4) is 0 Å². The Morgan fingerprint density at radius 1 is 0.525 bits per heavy atom. The smallest absolute Gasteiger partial charge is 0.364 e. The summed E-state index contributed by atoms with van der Waals surface area (Å²) in [4.78, 5) is 180. The first-order valence-electron chi connectivity index (χ1n) is 39.6. The Hall–Kier alpha value is -7.89. The highest BCUT2D eigenvalue weighted by Gasteiger charge is 2.62.